The first-order chi connectivity index (χ1) is 36.1. The van der Waals surface area contributed by atoms with Gasteiger partial charge in [0.2, 0.25) is 41.4 Å². The number of likely N-dealkylation sites (tertiary alicyclic amines) is 1. The number of carbonyl (C=O) groups excluding carboxylic acids is 9. The first-order valence-electron chi connectivity index (χ1n) is 26.2. The molecule has 20 heteroatoms. The van der Waals surface area contributed by atoms with Crippen LogP contribution in [-0.2, 0) is 62.4 Å². The molecule has 1 fully saturated rings. The van der Waals surface area contributed by atoms with Gasteiger partial charge in [0.1, 0.15) is 36.3 Å². The number of H-pyrrole nitrogens is 1. The molecule has 2 heterocycles. The maximum atomic E-state index is 14.8. The minimum atomic E-state index is -1.45. The second-order valence-corrected chi connectivity index (χ2v) is 20.9. The van der Waals surface area contributed by atoms with E-state index in [0.29, 0.717) is 23.1 Å². The first-order valence-corrected chi connectivity index (χ1v) is 26.2. The van der Waals surface area contributed by atoms with Gasteiger partial charge in [-0.2, -0.15) is 0 Å². The SMILES string of the molecule is CC(C)C[C@H](NC(=O)[C@@H](NC(=O)[C@@H]1CCCN1C(=O)[C@H](Cc1ccccc1)NC(=O)[C@H](Cc1ccccc1)NC(=O)CNC(=O)[C@H](Cc1c[nH]c2ccccc12)NC(=O)[C@H](CC(C)C)NC(=O)[C@H](C)[NH3+])C(C)C)C(=O)[O-]. The highest BCUT2D eigenvalue weighted by atomic mass is 16.4. The van der Waals surface area contributed by atoms with E-state index in [0.717, 1.165) is 10.9 Å². The molecular weight excluding hydrogens is 973 g/mol. The average molecular weight is 1050 g/mol. The van der Waals surface area contributed by atoms with Crippen molar-refractivity contribution in [2.24, 2.45) is 17.8 Å². The quantitative estimate of drug-likeness (QED) is 0.0395. The lowest BCUT2D eigenvalue weighted by Crippen LogP contribution is -2.67. The number of rotatable bonds is 27. The van der Waals surface area contributed by atoms with Crippen LogP contribution in [0, 0.1) is 17.8 Å². The maximum absolute atomic E-state index is 14.8. The second-order valence-electron chi connectivity index (χ2n) is 20.9. The van der Waals surface area contributed by atoms with Crippen molar-refractivity contribution >= 4 is 64.1 Å². The number of aromatic amines is 1. The highest BCUT2D eigenvalue weighted by Gasteiger charge is 2.40. The number of para-hydroxylation sites is 1. The Morgan fingerprint density at radius 3 is 1.72 bits per heavy atom. The van der Waals surface area contributed by atoms with Crippen LogP contribution in [-0.4, -0.2) is 125 Å². The van der Waals surface area contributed by atoms with Gasteiger partial charge in [-0.05, 0) is 73.1 Å². The highest BCUT2D eigenvalue weighted by Crippen LogP contribution is 2.22. The van der Waals surface area contributed by atoms with Gasteiger partial charge in [-0.1, -0.05) is 120 Å². The Kier molecular flexibility index (Phi) is 22.1. The molecule has 11 N–H and O–H groups in total. The zero-order valence-corrected chi connectivity index (χ0v) is 44.6. The number of nitrogens with zero attached hydrogens (tertiary/aromatic N) is 1. The minimum absolute atomic E-state index is 0.00325. The fourth-order valence-corrected chi connectivity index (χ4v) is 9.17. The molecule has 1 aliphatic heterocycles. The van der Waals surface area contributed by atoms with Gasteiger partial charge in [-0.25, -0.2) is 0 Å². The van der Waals surface area contributed by atoms with Crippen LogP contribution in [0.15, 0.2) is 91.1 Å². The zero-order chi connectivity index (χ0) is 55.6. The van der Waals surface area contributed by atoms with Gasteiger partial charge in [0.25, 0.3) is 5.91 Å². The van der Waals surface area contributed by atoms with Gasteiger partial charge < -0.3 is 62.7 Å². The fraction of sp³-hybridized carbons (Fsp3) is 0.482. The fourth-order valence-electron chi connectivity index (χ4n) is 9.17. The largest absolute Gasteiger partial charge is 0.548 e. The molecule has 0 aliphatic carbocycles. The van der Waals surface area contributed by atoms with Crippen molar-refractivity contribution in [2.75, 3.05) is 13.1 Å². The summed E-state index contributed by atoms with van der Waals surface area (Å²) in [5, 5.41) is 31.7. The summed E-state index contributed by atoms with van der Waals surface area (Å²) in [6.07, 6.45) is 2.83. The van der Waals surface area contributed by atoms with E-state index in [1.54, 1.807) is 101 Å². The summed E-state index contributed by atoms with van der Waals surface area (Å²) in [6, 6.07) is 16.5. The van der Waals surface area contributed by atoms with Crippen LogP contribution < -0.4 is 48.1 Å². The van der Waals surface area contributed by atoms with Gasteiger partial charge in [0.05, 0.1) is 18.6 Å². The van der Waals surface area contributed by atoms with Crippen molar-refractivity contribution in [1.29, 1.82) is 0 Å². The van der Waals surface area contributed by atoms with E-state index in [2.05, 4.69) is 47.9 Å². The van der Waals surface area contributed by atoms with Gasteiger partial charge in [0, 0.05) is 42.9 Å². The van der Waals surface area contributed by atoms with Crippen molar-refractivity contribution in [2.45, 2.75) is 142 Å². The molecule has 0 unspecified atom stereocenters. The van der Waals surface area contributed by atoms with Crippen LogP contribution in [0.3, 0.4) is 0 Å². The molecule has 1 aliphatic rings. The van der Waals surface area contributed by atoms with Crippen LogP contribution >= 0.6 is 0 Å². The number of nitrogens with one attached hydrogen (secondary N) is 8. The second kappa shape index (κ2) is 28.3. The van der Waals surface area contributed by atoms with Gasteiger partial charge in [0.15, 0.2) is 6.04 Å². The lowest BCUT2D eigenvalue weighted by atomic mass is 9.99. The molecule has 0 saturated carbocycles. The number of amides is 8. The smallest absolute Gasteiger partial charge is 0.278 e. The number of hydrogen-bond acceptors (Lipinski definition) is 10. The predicted molar refractivity (Wildman–Crippen MR) is 283 cm³/mol. The van der Waals surface area contributed by atoms with E-state index in [9.17, 15) is 48.3 Å². The van der Waals surface area contributed by atoms with Crippen molar-refractivity contribution in [3.63, 3.8) is 0 Å². The number of aromatic nitrogens is 1. The van der Waals surface area contributed by atoms with E-state index in [1.165, 1.54) is 4.90 Å². The third-order valence-corrected chi connectivity index (χ3v) is 13.2. The molecule has 20 nitrogen and oxygen atoms in total. The molecule has 0 radical (unpaired) electrons. The summed E-state index contributed by atoms with van der Waals surface area (Å²) in [4.78, 5) is 128. The molecule has 4 aromatic rings. The molecule has 3 aromatic carbocycles. The van der Waals surface area contributed by atoms with Crippen LogP contribution in [0.25, 0.3) is 10.9 Å². The van der Waals surface area contributed by atoms with Crippen LogP contribution in [0.1, 0.15) is 90.8 Å². The number of carboxylic acids is 1. The summed E-state index contributed by atoms with van der Waals surface area (Å²) >= 11 is 0. The van der Waals surface area contributed by atoms with E-state index in [-0.39, 0.29) is 56.9 Å². The first kappa shape index (κ1) is 59.3. The van der Waals surface area contributed by atoms with E-state index < -0.39 is 114 Å². The number of carboxylic acid groups (broad SMARTS) is 1. The highest BCUT2D eigenvalue weighted by molar-refractivity contribution is 5.98. The third kappa shape index (κ3) is 17.5. The summed E-state index contributed by atoms with van der Waals surface area (Å²) < 4.78 is 0. The molecule has 76 heavy (non-hydrogen) atoms. The van der Waals surface area contributed by atoms with Gasteiger partial charge in [-0.3, -0.25) is 38.4 Å². The monoisotopic (exact) mass is 1050 g/mol. The van der Waals surface area contributed by atoms with Crippen LogP contribution in [0.4, 0.5) is 0 Å². The van der Waals surface area contributed by atoms with E-state index in [1.807, 2.05) is 38.1 Å². The average Bonchev–Trinajstić information content (AvgIpc) is 4.04. The van der Waals surface area contributed by atoms with Crippen LogP contribution in [0.5, 0.6) is 0 Å². The molecule has 410 valence electrons. The van der Waals surface area contributed by atoms with Crippen molar-refractivity contribution < 1.29 is 54.0 Å². The lowest BCUT2D eigenvalue weighted by Gasteiger charge is -2.32. The lowest BCUT2D eigenvalue weighted by molar-refractivity contribution is -0.398. The molecule has 0 spiro atoms. The minimum Gasteiger partial charge on any atom is -0.548 e. The summed E-state index contributed by atoms with van der Waals surface area (Å²) in [5.74, 6) is -7.10. The predicted octanol–water partition coefficient (Wildman–Crippen LogP) is 0.340. The third-order valence-electron chi connectivity index (χ3n) is 13.2. The number of aliphatic carboxylic acids is 1. The Labute approximate surface area is 444 Å². The summed E-state index contributed by atoms with van der Waals surface area (Å²) in [5.41, 5.74) is 6.65. The Morgan fingerprint density at radius 1 is 0.605 bits per heavy atom. The van der Waals surface area contributed by atoms with Gasteiger partial charge in [-0.15, -0.1) is 0 Å². The van der Waals surface area contributed by atoms with Crippen LogP contribution in [0.2, 0.25) is 0 Å². The number of quaternary nitrogens is 1. The molecule has 1 aromatic heterocycles. The maximum Gasteiger partial charge on any atom is 0.278 e. The Bertz CT molecular complexity index is 2640. The van der Waals surface area contributed by atoms with Crippen molar-refractivity contribution in [3.05, 3.63) is 108 Å². The van der Waals surface area contributed by atoms with Crippen molar-refractivity contribution in [1.82, 2.24) is 47.1 Å². The standard InChI is InChI=1S/C56H76N10O10/c1-32(2)25-41(61-49(68)35(7)57)51(70)62-43(29-38-30-58-40-22-15-14-21-39(38)40)50(69)59-31-47(67)60-42(27-36-17-10-8-11-18-36)52(71)63-44(28-37-19-12-9-13-20-37)55(74)66-24-16-23-46(66)53(72)65-48(34(5)6)54(73)64-45(56(75)76)26-33(3)4/h8-15,17-22,30,32-35,41-46,48,58H,16,23-29,31,57H2,1-7H3,(H,59,69)(H,60,67)(H,61,68)(H,62,70)(H,63,71)(H,64,73)(H,65,72)(H,75,76)/t35-,41-,42-,43-,44-,45-,46-,48-/m0/s1. The number of benzene rings is 3. The molecule has 5 rings (SSSR count). The normalized spacial score (nSPS) is 16.1. The number of hydrogen-bond donors (Lipinski definition) is 9. The topological polar surface area (TPSA) is 308 Å². The molecular formula is C56H76N10O10. The number of carbonyl (C=O) groups is 9. The Morgan fingerprint density at radius 2 is 1.13 bits per heavy atom. The Balaban J connectivity index is 1.35. The molecule has 1 saturated heterocycles. The zero-order valence-electron chi connectivity index (χ0n) is 44.6. The molecule has 0 bridgehead atoms. The van der Waals surface area contributed by atoms with Crippen molar-refractivity contribution in [3.8, 4) is 0 Å². The molecule has 8 amide bonds. The number of fused-ring (bicyclic) bond motifs is 1. The molecule has 8 atom stereocenters. The Hall–Kier alpha value is -7.61. The summed E-state index contributed by atoms with van der Waals surface area (Å²) in [7, 11) is 0. The summed E-state index contributed by atoms with van der Waals surface area (Å²) in [6.45, 7) is 12.0. The van der Waals surface area contributed by atoms with E-state index in [4.69, 9.17) is 0 Å². The van der Waals surface area contributed by atoms with Gasteiger partial charge >= 0.3 is 0 Å². The van der Waals surface area contributed by atoms with E-state index >= 15 is 0 Å².